The molecule has 0 fully saturated rings. The van der Waals surface area contributed by atoms with E-state index in [9.17, 15) is 4.79 Å². The van der Waals surface area contributed by atoms with Gasteiger partial charge in [0.05, 0.1) is 20.8 Å². The summed E-state index contributed by atoms with van der Waals surface area (Å²) in [6.07, 6.45) is 6.99. The lowest BCUT2D eigenvalue weighted by molar-refractivity contribution is -0.128. The third-order valence-electron chi connectivity index (χ3n) is 7.05. The molecule has 9 heteroatoms. The molecule has 0 spiro atoms. The fraction of sp³-hybridized carbons (Fsp3) is 0.300. The summed E-state index contributed by atoms with van der Waals surface area (Å²) >= 11 is 0. The Bertz CT molecular complexity index is 1480. The van der Waals surface area contributed by atoms with E-state index in [-0.39, 0.29) is 5.91 Å². The smallest absolute Gasteiger partial charge is 0.249 e. The maximum atomic E-state index is 12.9. The average molecular weight is 527 g/mol. The number of nitrogens with zero attached hydrogens (tertiary/aromatic N) is 4. The van der Waals surface area contributed by atoms with Crippen LogP contribution in [0, 0.1) is 0 Å². The number of hydrogen-bond donors (Lipinski definition) is 2. The van der Waals surface area contributed by atoms with Crippen LogP contribution in [0.5, 0.6) is 11.5 Å². The van der Waals surface area contributed by atoms with E-state index in [1.54, 1.807) is 20.4 Å². The van der Waals surface area contributed by atoms with Crippen LogP contribution in [0.4, 0.5) is 11.5 Å². The summed E-state index contributed by atoms with van der Waals surface area (Å²) in [7, 11) is 3.29. The third-order valence-corrected chi connectivity index (χ3v) is 7.05. The zero-order chi connectivity index (χ0) is 27.2. The Labute approximate surface area is 228 Å². The lowest BCUT2D eigenvalue weighted by Crippen LogP contribution is -2.38. The molecule has 39 heavy (non-hydrogen) atoms. The quantitative estimate of drug-likeness (QED) is 0.213. The Balaban J connectivity index is 1.17. The lowest BCUT2D eigenvalue weighted by Gasteiger charge is -2.28. The monoisotopic (exact) mass is 526 g/mol. The van der Waals surface area contributed by atoms with Gasteiger partial charge in [0.15, 0.2) is 0 Å². The minimum Gasteiger partial charge on any atom is -0.497 e. The Morgan fingerprint density at radius 3 is 2.77 bits per heavy atom. The number of nitrogens with one attached hydrogen (secondary N) is 2. The number of amides is 1. The molecule has 0 atom stereocenters. The summed E-state index contributed by atoms with van der Waals surface area (Å²) in [4.78, 5) is 23.6. The van der Waals surface area contributed by atoms with E-state index in [1.165, 1.54) is 0 Å². The predicted octanol–water partition coefficient (Wildman–Crippen LogP) is 4.85. The van der Waals surface area contributed by atoms with Crippen LogP contribution in [0.15, 0.2) is 73.2 Å². The number of imidazole rings is 1. The van der Waals surface area contributed by atoms with E-state index < -0.39 is 0 Å². The van der Waals surface area contributed by atoms with Gasteiger partial charge in [0, 0.05) is 78.4 Å². The van der Waals surface area contributed by atoms with Crippen LogP contribution in [0.3, 0.4) is 0 Å². The van der Waals surface area contributed by atoms with E-state index in [0.29, 0.717) is 31.6 Å². The first-order valence-corrected chi connectivity index (χ1v) is 13.1. The summed E-state index contributed by atoms with van der Waals surface area (Å²) in [6, 6.07) is 13.9. The number of hydrogen-bond acceptors (Lipinski definition) is 7. The molecule has 2 aromatic heterocycles. The fourth-order valence-corrected chi connectivity index (χ4v) is 4.88. The van der Waals surface area contributed by atoms with Crippen LogP contribution >= 0.6 is 0 Å². The Morgan fingerprint density at radius 1 is 1.03 bits per heavy atom. The van der Waals surface area contributed by atoms with Crippen LogP contribution < -0.4 is 20.1 Å². The molecule has 0 aliphatic carbocycles. The van der Waals surface area contributed by atoms with Crippen molar-refractivity contribution < 1.29 is 14.3 Å². The van der Waals surface area contributed by atoms with Gasteiger partial charge in [0.25, 0.3) is 0 Å². The molecule has 0 bridgehead atoms. The van der Waals surface area contributed by atoms with Crippen LogP contribution in [-0.4, -0.2) is 52.7 Å². The molecule has 5 rings (SSSR count). The number of anilines is 2. The number of benzene rings is 2. The van der Waals surface area contributed by atoms with Gasteiger partial charge < -0.3 is 29.6 Å². The van der Waals surface area contributed by atoms with Gasteiger partial charge in [0.1, 0.15) is 23.1 Å². The van der Waals surface area contributed by atoms with E-state index >= 15 is 0 Å². The van der Waals surface area contributed by atoms with Gasteiger partial charge in [0.2, 0.25) is 5.91 Å². The van der Waals surface area contributed by atoms with Gasteiger partial charge in [-0.05, 0) is 37.1 Å². The van der Waals surface area contributed by atoms with Gasteiger partial charge in [-0.25, -0.2) is 9.97 Å². The number of carbonyl (C=O) groups excluding carboxylic acids is 1. The molecule has 2 N–H and O–H groups in total. The second kappa shape index (κ2) is 11.9. The van der Waals surface area contributed by atoms with Gasteiger partial charge in [-0.3, -0.25) is 4.79 Å². The number of rotatable bonds is 11. The van der Waals surface area contributed by atoms with Crippen LogP contribution in [0.2, 0.25) is 0 Å². The minimum absolute atomic E-state index is 0.0182. The maximum absolute atomic E-state index is 12.9. The molecule has 1 aliphatic heterocycles. The van der Waals surface area contributed by atoms with Crippen molar-refractivity contribution in [2.45, 2.75) is 32.5 Å². The molecule has 0 saturated carbocycles. The first-order valence-electron chi connectivity index (χ1n) is 13.1. The molecule has 0 unspecified atom stereocenters. The zero-order valence-electron chi connectivity index (χ0n) is 22.4. The third kappa shape index (κ3) is 5.82. The molecule has 202 valence electrons. The van der Waals surface area contributed by atoms with Gasteiger partial charge in [-0.2, -0.15) is 0 Å². The van der Waals surface area contributed by atoms with Crippen molar-refractivity contribution in [3.63, 3.8) is 0 Å². The number of carbonyl (C=O) groups is 1. The van der Waals surface area contributed by atoms with Crippen LogP contribution in [-0.2, 0) is 24.4 Å². The van der Waals surface area contributed by atoms with E-state index in [1.807, 2.05) is 47.6 Å². The normalized spacial score (nSPS) is 12.6. The molecular formula is C30H34N6O3. The lowest BCUT2D eigenvalue weighted by atomic mass is 10.1. The summed E-state index contributed by atoms with van der Waals surface area (Å²) in [5, 5.41) is 9.09. The Hall–Kier alpha value is -4.53. The highest BCUT2D eigenvalue weighted by molar-refractivity contribution is 6.00. The first-order chi connectivity index (χ1) is 19.1. The van der Waals surface area contributed by atoms with Gasteiger partial charge >= 0.3 is 0 Å². The zero-order valence-corrected chi connectivity index (χ0v) is 22.4. The number of ether oxygens (including phenoxy) is 2. The van der Waals surface area contributed by atoms with Crippen molar-refractivity contribution >= 4 is 28.2 Å². The van der Waals surface area contributed by atoms with Crippen molar-refractivity contribution in [1.29, 1.82) is 0 Å². The minimum atomic E-state index is 0.0182. The van der Waals surface area contributed by atoms with Crippen molar-refractivity contribution in [2.24, 2.45) is 0 Å². The van der Waals surface area contributed by atoms with Crippen molar-refractivity contribution in [3.8, 4) is 11.5 Å². The van der Waals surface area contributed by atoms with Gasteiger partial charge in [-0.1, -0.05) is 18.7 Å². The van der Waals surface area contributed by atoms with Crippen LogP contribution in [0.1, 0.15) is 24.2 Å². The highest BCUT2D eigenvalue weighted by Gasteiger charge is 2.22. The second-order valence-electron chi connectivity index (χ2n) is 9.49. The standard InChI is InChI=1S/C30H34N6O3/c1-21(30(37)36-17-16-35-15-14-32-28(35)20-36)6-5-12-31-26-8-4-7-25-24(26)11-13-33-29(25)34-19-22-9-10-23(38-2)18-27(22)39-3/h4,7-11,13-15,18,31H,1,5-6,12,16-17,19-20H2,2-3H3,(H,33,34). The fourth-order valence-electron chi connectivity index (χ4n) is 4.88. The largest absolute Gasteiger partial charge is 0.497 e. The molecule has 2 aromatic carbocycles. The molecular weight excluding hydrogens is 492 g/mol. The number of methoxy groups -OCH3 is 2. The topological polar surface area (TPSA) is 93.5 Å². The summed E-state index contributed by atoms with van der Waals surface area (Å²) in [5.41, 5.74) is 2.68. The average Bonchev–Trinajstić information content (AvgIpc) is 3.45. The summed E-state index contributed by atoms with van der Waals surface area (Å²) in [5.74, 6) is 3.25. The number of aromatic nitrogens is 3. The molecule has 4 aromatic rings. The molecule has 9 nitrogen and oxygen atoms in total. The van der Waals surface area contributed by atoms with E-state index in [2.05, 4.69) is 43.9 Å². The molecule has 3 heterocycles. The first kappa shape index (κ1) is 26.1. The molecule has 0 saturated heterocycles. The highest BCUT2D eigenvalue weighted by atomic mass is 16.5. The maximum Gasteiger partial charge on any atom is 0.249 e. The Kier molecular flexibility index (Phi) is 7.96. The van der Waals surface area contributed by atoms with Crippen molar-refractivity contribution in [1.82, 2.24) is 19.4 Å². The number of fused-ring (bicyclic) bond motifs is 2. The van der Waals surface area contributed by atoms with E-state index in [4.69, 9.17) is 9.47 Å². The Morgan fingerprint density at radius 2 is 1.92 bits per heavy atom. The molecule has 1 aliphatic rings. The van der Waals surface area contributed by atoms with Gasteiger partial charge in [-0.15, -0.1) is 0 Å². The summed E-state index contributed by atoms with van der Waals surface area (Å²) < 4.78 is 12.9. The molecule has 0 radical (unpaired) electrons. The van der Waals surface area contributed by atoms with Crippen molar-refractivity contribution in [2.75, 3.05) is 37.9 Å². The highest BCUT2D eigenvalue weighted by Crippen LogP contribution is 2.30. The summed E-state index contributed by atoms with van der Waals surface area (Å²) in [6.45, 7) is 7.35. The van der Waals surface area contributed by atoms with E-state index in [0.717, 1.165) is 64.7 Å². The second-order valence-corrected chi connectivity index (χ2v) is 9.49. The van der Waals surface area contributed by atoms with Crippen molar-refractivity contribution in [3.05, 3.63) is 84.6 Å². The van der Waals surface area contributed by atoms with Crippen LogP contribution in [0.25, 0.3) is 10.8 Å². The predicted molar refractivity (Wildman–Crippen MR) is 153 cm³/mol. The SMILES string of the molecule is C=C(CCCNc1cccc2c(NCc3ccc(OC)cc3OC)nccc12)C(=O)N1CCn2ccnc2C1. The number of pyridine rings is 1. The molecule has 1 amide bonds.